The molecule has 0 fully saturated rings. The third-order valence-corrected chi connectivity index (χ3v) is 3.51. The van der Waals surface area contributed by atoms with E-state index in [1.807, 2.05) is 24.3 Å². The average Bonchev–Trinajstić information content (AvgIpc) is 2.43. The van der Waals surface area contributed by atoms with Gasteiger partial charge in [0.15, 0.2) is 0 Å². The summed E-state index contributed by atoms with van der Waals surface area (Å²) in [4.78, 5) is 0. The van der Waals surface area contributed by atoms with Gasteiger partial charge in [0, 0.05) is 5.56 Å². The molecule has 2 aromatic rings. The van der Waals surface area contributed by atoms with E-state index in [9.17, 15) is 8.78 Å². The molecule has 2 rings (SSSR count). The SMILES string of the molecule is CNC(c1ccc(C(C)C)cc1)c1c(F)cccc1F. The van der Waals surface area contributed by atoms with E-state index in [0.29, 0.717) is 5.92 Å². The van der Waals surface area contributed by atoms with E-state index >= 15 is 0 Å². The maximum absolute atomic E-state index is 13.9. The van der Waals surface area contributed by atoms with Crippen LogP contribution in [0.5, 0.6) is 0 Å². The second-order valence-corrected chi connectivity index (χ2v) is 5.18. The maximum Gasteiger partial charge on any atom is 0.131 e. The van der Waals surface area contributed by atoms with Crippen LogP contribution in [0.15, 0.2) is 42.5 Å². The summed E-state index contributed by atoms with van der Waals surface area (Å²) in [6.45, 7) is 4.22. The minimum atomic E-state index is -0.530. The van der Waals surface area contributed by atoms with Crippen molar-refractivity contribution in [2.75, 3.05) is 7.05 Å². The normalized spacial score (nSPS) is 12.7. The smallest absolute Gasteiger partial charge is 0.131 e. The fourth-order valence-corrected chi connectivity index (χ4v) is 2.34. The van der Waals surface area contributed by atoms with Crippen LogP contribution in [-0.4, -0.2) is 7.05 Å². The third-order valence-electron chi connectivity index (χ3n) is 3.51. The molecule has 1 nitrogen and oxygen atoms in total. The summed E-state index contributed by atoms with van der Waals surface area (Å²) < 4.78 is 27.8. The third kappa shape index (κ3) is 2.88. The number of hydrogen-bond donors (Lipinski definition) is 1. The Morgan fingerprint density at radius 2 is 1.35 bits per heavy atom. The number of nitrogens with one attached hydrogen (secondary N) is 1. The van der Waals surface area contributed by atoms with Gasteiger partial charge in [0.2, 0.25) is 0 Å². The molecular formula is C17H19F2N. The average molecular weight is 275 g/mol. The van der Waals surface area contributed by atoms with Crippen LogP contribution in [0.4, 0.5) is 8.78 Å². The van der Waals surface area contributed by atoms with Gasteiger partial charge in [-0.3, -0.25) is 0 Å². The maximum atomic E-state index is 13.9. The number of rotatable bonds is 4. The molecule has 0 saturated carbocycles. The molecule has 0 saturated heterocycles. The highest BCUT2D eigenvalue weighted by Crippen LogP contribution is 2.27. The Bertz CT molecular complexity index is 556. The highest BCUT2D eigenvalue weighted by molar-refractivity contribution is 5.35. The van der Waals surface area contributed by atoms with Crippen molar-refractivity contribution in [3.63, 3.8) is 0 Å². The van der Waals surface area contributed by atoms with Gasteiger partial charge in [-0.15, -0.1) is 0 Å². The van der Waals surface area contributed by atoms with E-state index in [2.05, 4.69) is 19.2 Å². The van der Waals surface area contributed by atoms with Crippen LogP contribution in [0.3, 0.4) is 0 Å². The summed E-state index contributed by atoms with van der Waals surface area (Å²) in [5.74, 6) is -0.628. The fourth-order valence-electron chi connectivity index (χ4n) is 2.34. The van der Waals surface area contributed by atoms with E-state index in [1.54, 1.807) is 7.05 Å². The van der Waals surface area contributed by atoms with E-state index in [4.69, 9.17) is 0 Å². The Hall–Kier alpha value is -1.74. The zero-order valence-corrected chi connectivity index (χ0v) is 12.0. The van der Waals surface area contributed by atoms with E-state index in [1.165, 1.54) is 23.8 Å². The Balaban J connectivity index is 2.42. The second kappa shape index (κ2) is 6.14. The standard InChI is InChI=1S/C17H19F2N/c1-11(2)12-7-9-13(10-8-12)17(20-3)16-14(18)5-4-6-15(16)19/h4-11,17,20H,1-3H3. The minimum Gasteiger partial charge on any atom is -0.309 e. The van der Waals surface area contributed by atoms with Gasteiger partial charge in [-0.05, 0) is 36.2 Å². The van der Waals surface area contributed by atoms with Crippen LogP contribution in [0.1, 0.15) is 42.5 Å². The largest absolute Gasteiger partial charge is 0.309 e. The van der Waals surface area contributed by atoms with Gasteiger partial charge in [-0.2, -0.15) is 0 Å². The van der Waals surface area contributed by atoms with Gasteiger partial charge in [0.05, 0.1) is 6.04 Å². The second-order valence-electron chi connectivity index (χ2n) is 5.18. The van der Waals surface area contributed by atoms with Crippen molar-refractivity contribution in [2.45, 2.75) is 25.8 Å². The van der Waals surface area contributed by atoms with Gasteiger partial charge in [-0.25, -0.2) is 8.78 Å². The predicted octanol–water partition coefficient (Wildman–Crippen LogP) is 4.40. The van der Waals surface area contributed by atoms with Crippen LogP contribution >= 0.6 is 0 Å². The molecular weight excluding hydrogens is 256 g/mol. The van der Waals surface area contributed by atoms with Crippen LogP contribution in [0, 0.1) is 11.6 Å². The van der Waals surface area contributed by atoms with Crippen LogP contribution < -0.4 is 5.32 Å². The summed E-state index contributed by atoms with van der Waals surface area (Å²) in [7, 11) is 1.70. The molecule has 106 valence electrons. The topological polar surface area (TPSA) is 12.0 Å². The van der Waals surface area contributed by atoms with Crippen molar-refractivity contribution in [3.8, 4) is 0 Å². The fraction of sp³-hybridized carbons (Fsp3) is 0.294. The van der Waals surface area contributed by atoms with E-state index in [0.717, 1.165) is 5.56 Å². The van der Waals surface area contributed by atoms with Crippen LogP contribution in [-0.2, 0) is 0 Å². The van der Waals surface area contributed by atoms with E-state index < -0.39 is 17.7 Å². The lowest BCUT2D eigenvalue weighted by Crippen LogP contribution is -2.20. The summed E-state index contributed by atoms with van der Waals surface area (Å²) in [6, 6.07) is 11.3. The molecule has 0 amide bonds. The first kappa shape index (κ1) is 14.7. The molecule has 1 unspecified atom stereocenters. The van der Waals surface area contributed by atoms with Crippen LogP contribution in [0.2, 0.25) is 0 Å². The zero-order chi connectivity index (χ0) is 14.7. The summed E-state index contributed by atoms with van der Waals surface area (Å²) in [6.07, 6.45) is 0. The molecule has 0 radical (unpaired) electrons. The van der Waals surface area contributed by atoms with Gasteiger partial charge >= 0.3 is 0 Å². The molecule has 1 atom stereocenters. The van der Waals surface area contributed by atoms with Crippen molar-refractivity contribution in [3.05, 3.63) is 70.8 Å². The first-order chi connectivity index (χ1) is 9.54. The van der Waals surface area contributed by atoms with Gasteiger partial charge in [0.25, 0.3) is 0 Å². The molecule has 0 aliphatic carbocycles. The summed E-state index contributed by atoms with van der Waals surface area (Å²) in [5.41, 5.74) is 2.12. The number of hydrogen-bond acceptors (Lipinski definition) is 1. The minimum absolute atomic E-state index is 0.0623. The zero-order valence-electron chi connectivity index (χ0n) is 12.0. The molecule has 3 heteroatoms. The molecule has 20 heavy (non-hydrogen) atoms. The Morgan fingerprint density at radius 3 is 1.80 bits per heavy atom. The lowest BCUT2D eigenvalue weighted by Gasteiger charge is -2.19. The molecule has 0 aliphatic heterocycles. The molecule has 2 aromatic carbocycles. The van der Waals surface area contributed by atoms with Crippen molar-refractivity contribution >= 4 is 0 Å². The molecule has 0 aromatic heterocycles. The first-order valence-corrected chi connectivity index (χ1v) is 6.75. The highest BCUT2D eigenvalue weighted by Gasteiger charge is 2.20. The Kier molecular flexibility index (Phi) is 4.50. The number of halogens is 2. The molecule has 0 bridgehead atoms. The first-order valence-electron chi connectivity index (χ1n) is 6.75. The lowest BCUT2D eigenvalue weighted by molar-refractivity contribution is 0.522. The van der Waals surface area contributed by atoms with Crippen LogP contribution in [0.25, 0.3) is 0 Å². The lowest BCUT2D eigenvalue weighted by atomic mass is 9.95. The van der Waals surface area contributed by atoms with Crippen molar-refractivity contribution in [2.24, 2.45) is 0 Å². The van der Waals surface area contributed by atoms with Gasteiger partial charge < -0.3 is 5.32 Å². The van der Waals surface area contributed by atoms with Gasteiger partial charge in [0.1, 0.15) is 11.6 Å². The molecule has 0 aliphatic rings. The van der Waals surface area contributed by atoms with Crippen molar-refractivity contribution in [1.29, 1.82) is 0 Å². The molecule has 0 spiro atoms. The predicted molar refractivity (Wildman–Crippen MR) is 77.8 cm³/mol. The quantitative estimate of drug-likeness (QED) is 0.872. The summed E-state index contributed by atoms with van der Waals surface area (Å²) in [5, 5.41) is 2.98. The van der Waals surface area contributed by atoms with Gasteiger partial charge in [-0.1, -0.05) is 44.2 Å². The monoisotopic (exact) mass is 275 g/mol. The Morgan fingerprint density at radius 1 is 0.850 bits per heavy atom. The molecule has 0 heterocycles. The molecule has 1 N–H and O–H groups in total. The van der Waals surface area contributed by atoms with Crippen molar-refractivity contribution in [1.82, 2.24) is 5.32 Å². The van der Waals surface area contributed by atoms with E-state index in [-0.39, 0.29) is 5.56 Å². The van der Waals surface area contributed by atoms with Crippen molar-refractivity contribution < 1.29 is 8.78 Å². The summed E-state index contributed by atoms with van der Waals surface area (Å²) >= 11 is 0. The number of benzene rings is 2. The Labute approximate surface area is 118 Å². The highest BCUT2D eigenvalue weighted by atomic mass is 19.1.